The van der Waals surface area contributed by atoms with Crippen LogP contribution in [0, 0.1) is 0 Å². The number of aryl methyl sites for hydroxylation is 1. The second kappa shape index (κ2) is 9.23. The fourth-order valence-electron chi connectivity index (χ4n) is 3.95. The Balaban J connectivity index is 1.84. The predicted octanol–water partition coefficient (Wildman–Crippen LogP) is 2.88. The topological polar surface area (TPSA) is 96.7 Å². The van der Waals surface area contributed by atoms with Gasteiger partial charge in [-0.3, -0.25) is 4.79 Å². The van der Waals surface area contributed by atoms with Crippen LogP contribution in [0.15, 0.2) is 30.6 Å². The number of methoxy groups -OCH3 is 2. The number of carbonyl (C=O) groups is 1. The highest BCUT2D eigenvalue weighted by Crippen LogP contribution is 2.38. The van der Waals surface area contributed by atoms with Crippen LogP contribution in [-0.2, 0) is 31.7 Å². The summed E-state index contributed by atoms with van der Waals surface area (Å²) >= 11 is 0. The van der Waals surface area contributed by atoms with Crippen molar-refractivity contribution in [2.24, 2.45) is 7.05 Å². The third-order valence-corrected chi connectivity index (χ3v) is 5.65. The molecule has 170 valence electrons. The van der Waals surface area contributed by atoms with Crippen molar-refractivity contribution in [3.8, 4) is 17.0 Å². The molecule has 1 N–H and O–H groups in total. The van der Waals surface area contributed by atoms with E-state index in [1.807, 2.05) is 36.0 Å². The van der Waals surface area contributed by atoms with Crippen molar-refractivity contribution in [2.45, 2.75) is 18.9 Å². The average Bonchev–Trinajstić information content (AvgIpc) is 3.39. The lowest BCUT2D eigenvalue weighted by Gasteiger charge is -2.26. The molecule has 4 heterocycles. The Morgan fingerprint density at radius 2 is 2.12 bits per heavy atom. The molecule has 0 aliphatic carbocycles. The van der Waals surface area contributed by atoms with Crippen LogP contribution in [0.2, 0.25) is 0 Å². The number of nitrogens with one attached hydrogen (secondary N) is 1. The van der Waals surface area contributed by atoms with E-state index in [1.54, 1.807) is 20.4 Å². The lowest BCUT2D eigenvalue weighted by atomic mass is 9.96. The van der Waals surface area contributed by atoms with Gasteiger partial charge in [0.15, 0.2) is 0 Å². The zero-order chi connectivity index (χ0) is 22.7. The molecule has 1 aliphatic heterocycles. The first kappa shape index (κ1) is 22.2. The number of fused-ring (bicyclic) bond motifs is 1. The molecule has 32 heavy (non-hydrogen) atoms. The number of anilines is 1. The van der Waals surface area contributed by atoms with Crippen LogP contribution in [0.3, 0.4) is 0 Å². The Morgan fingerprint density at radius 1 is 1.28 bits per heavy atom. The van der Waals surface area contributed by atoms with Crippen LogP contribution in [0.5, 0.6) is 5.75 Å². The second-order valence-electron chi connectivity index (χ2n) is 7.84. The normalized spacial score (nSPS) is 18.2. The summed E-state index contributed by atoms with van der Waals surface area (Å²) in [5.41, 5.74) is 2.70. The fraction of sp³-hybridized carbons (Fsp3) is 0.435. The maximum Gasteiger partial charge on any atom is 0.222 e. The van der Waals surface area contributed by atoms with Gasteiger partial charge < -0.3 is 28.8 Å². The summed E-state index contributed by atoms with van der Waals surface area (Å²) in [4.78, 5) is 20.8. The van der Waals surface area contributed by atoms with Crippen molar-refractivity contribution < 1.29 is 23.7 Å². The minimum absolute atomic E-state index is 0.174. The average molecular weight is 441 g/mol. The number of rotatable bonds is 8. The summed E-state index contributed by atoms with van der Waals surface area (Å²) in [7, 11) is 5.27. The van der Waals surface area contributed by atoms with Crippen LogP contribution in [0.1, 0.15) is 19.0 Å². The van der Waals surface area contributed by atoms with Crippen molar-refractivity contribution in [3.63, 3.8) is 0 Å². The molecular weight excluding hydrogens is 412 g/mol. The molecule has 0 unspecified atom stereocenters. The van der Waals surface area contributed by atoms with Gasteiger partial charge >= 0.3 is 0 Å². The standard InChI is InChI=1S/C23H28N4O5/c1-15(28)25-22-11-17-18(13-27(2)20(17)12-24-22)19-9-16(32-8-7-29-3)10-21(26-19)23(30-4)5-6-31-14-23/h9-13H,5-8,14H2,1-4H3,(H,24,25,28)/t23-/m0/s1. The molecule has 9 heteroatoms. The van der Waals surface area contributed by atoms with Crippen molar-refractivity contribution in [3.05, 3.63) is 36.3 Å². The summed E-state index contributed by atoms with van der Waals surface area (Å²) in [5, 5.41) is 3.67. The van der Waals surface area contributed by atoms with Gasteiger partial charge in [-0.2, -0.15) is 0 Å². The highest BCUT2D eigenvalue weighted by atomic mass is 16.6. The molecule has 1 amide bonds. The van der Waals surface area contributed by atoms with Crippen LogP contribution < -0.4 is 10.1 Å². The summed E-state index contributed by atoms with van der Waals surface area (Å²) in [5.74, 6) is 0.993. The summed E-state index contributed by atoms with van der Waals surface area (Å²) in [6.45, 7) is 3.40. The number of ether oxygens (including phenoxy) is 4. The Bertz CT molecular complexity index is 1120. The van der Waals surface area contributed by atoms with Crippen molar-refractivity contribution >= 4 is 22.6 Å². The van der Waals surface area contributed by atoms with Gasteiger partial charge in [0.1, 0.15) is 23.8 Å². The van der Waals surface area contributed by atoms with E-state index in [-0.39, 0.29) is 5.91 Å². The van der Waals surface area contributed by atoms with Gasteiger partial charge in [-0.15, -0.1) is 0 Å². The first-order valence-corrected chi connectivity index (χ1v) is 10.5. The number of carbonyl (C=O) groups excluding carboxylic acids is 1. The van der Waals surface area contributed by atoms with Gasteiger partial charge in [0.05, 0.1) is 36.3 Å². The van der Waals surface area contributed by atoms with E-state index < -0.39 is 5.60 Å². The van der Waals surface area contributed by atoms with E-state index in [2.05, 4.69) is 10.3 Å². The smallest absolute Gasteiger partial charge is 0.222 e. The molecule has 0 saturated carbocycles. The molecule has 0 bridgehead atoms. The number of nitrogens with zero attached hydrogens (tertiary/aromatic N) is 3. The molecule has 3 aromatic heterocycles. The first-order chi connectivity index (χ1) is 15.5. The third kappa shape index (κ3) is 4.32. The lowest BCUT2D eigenvalue weighted by Crippen LogP contribution is -2.30. The highest BCUT2D eigenvalue weighted by Gasteiger charge is 2.39. The molecular formula is C23H28N4O5. The Labute approximate surface area is 186 Å². The van der Waals surface area contributed by atoms with Crippen molar-refractivity contribution in [1.29, 1.82) is 0 Å². The molecule has 3 aromatic rings. The summed E-state index contributed by atoms with van der Waals surface area (Å²) in [6.07, 6.45) is 4.45. The van der Waals surface area contributed by atoms with Gasteiger partial charge in [0, 0.05) is 70.5 Å². The molecule has 1 saturated heterocycles. The van der Waals surface area contributed by atoms with Crippen LogP contribution in [0.4, 0.5) is 5.82 Å². The molecule has 0 spiro atoms. The first-order valence-electron chi connectivity index (χ1n) is 10.5. The molecule has 4 rings (SSSR count). The SMILES string of the molecule is COCCOc1cc(-c2cn(C)c3cnc(NC(C)=O)cc23)nc([C@]2(OC)CCOC2)c1. The van der Waals surface area contributed by atoms with Gasteiger partial charge in [-0.05, 0) is 6.07 Å². The minimum atomic E-state index is -0.622. The number of hydrogen-bond acceptors (Lipinski definition) is 7. The highest BCUT2D eigenvalue weighted by molar-refractivity contribution is 5.98. The Hall–Kier alpha value is -3.01. The minimum Gasteiger partial charge on any atom is -0.491 e. The third-order valence-electron chi connectivity index (χ3n) is 5.65. The number of aromatic nitrogens is 3. The summed E-state index contributed by atoms with van der Waals surface area (Å²) < 4.78 is 24.6. The predicted molar refractivity (Wildman–Crippen MR) is 120 cm³/mol. The number of amides is 1. The van der Waals surface area contributed by atoms with Gasteiger partial charge in [-0.25, -0.2) is 9.97 Å². The quantitative estimate of drug-likeness (QED) is 0.538. The second-order valence-corrected chi connectivity index (χ2v) is 7.84. The van der Waals surface area contributed by atoms with E-state index in [0.29, 0.717) is 44.4 Å². The van der Waals surface area contributed by atoms with Gasteiger partial charge in [0.25, 0.3) is 0 Å². The molecule has 1 fully saturated rings. The van der Waals surface area contributed by atoms with Crippen LogP contribution >= 0.6 is 0 Å². The number of hydrogen-bond donors (Lipinski definition) is 1. The van der Waals surface area contributed by atoms with Gasteiger partial charge in [-0.1, -0.05) is 0 Å². The molecule has 0 radical (unpaired) electrons. The molecule has 0 aromatic carbocycles. The lowest BCUT2D eigenvalue weighted by molar-refractivity contribution is -0.114. The van der Waals surface area contributed by atoms with E-state index in [1.165, 1.54) is 6.92 Å². The van der Waals surface area contributed by atoms with Crippen molar-refractivity contribution in [2.75, 3.05) is 46.0 Å². The van der Waals surface area contributed by atoms with E-state index in [4.69, 9.17) is 23.9 Å². The molecule has 9 nitrogen and oxygen atoms in total. The monoisotopic (exact) mass is 440 g/mol. The van der Waals surface area contributed by atoms with E-state index in [9.17, 15) is 4.79 Å². The summed E-state index contributed by atoms with van der Waals surface area (Å²) in [6, 6.07) is 5.68. The maximum atomic E-state index is 11.5. The Kier molecular flexibility index (Phi) is 6.40. The fourth-order valence-corrected chi connectivity index (χ4v) is 3.95. The largest absolute Gasteiger partial charge is 0.491 e. The maximum absolute atomic E-state index is 11.5. The van der Waals surface area contributed by atoms with E-state index >= 15 is 0 Å². The van der Waals surface area contributed by atoms with E-state index in [0.717, 1.165) is 27.9 Å². The van der Waals surface area contributed by atoms with Crippen molar-refractivity contribution in [1.82, 2.24) is 14.5 Å². The van der Waals surface area contributed by atoms with Crippen LogP contribution in [0.25, 0.3) is 22.2 Å². The molecule has 1 atom stereocenters. The Morgan fingerprint density at radius 3 is 2.81 bits per heavy atom. The zero-order valence-electron chi connectivity index (χ0n) is 18.8. The van der Waals surface area contributed by atoms with Gasteiger partial charge in [0.2, 0.25) is 5.91 Å². The van der Waals surface area contributed by atoms with Crippen LogP contribution in [-0.4, -0.2) is 61.1 Å². The number of pyridine rings is 2. The zero-order valence-corrected chi connectivity index (χ0v) is 18.8. The molecule has 1 aliphatic rings.